The summed E-state index contributed by atoms with van der Waals surface area (Å²) in [7, 11) is -4.45. The molecule has 2 aromatic carbocycles. The lowest BCUT2D eigenvalue weighted by Crippen LogP contribution is -2.18. The van der Waals surface area contributed by atoms with Gasteiger partial charge in [-0.15, -0.1) is 13.2 Å². The van der Waals surface area contributed by atoms with E-state index in [2.05, 4.69) is 4.74 Å². The van der Waals surface area contributed by atoms with Crippen molar-refractivity contribution in [2.75, 3.05) is 0 Å². The highest BCUT2D eigenvalue weighted by molar-refractivity contribution is 7.90. The number of ether oxygens (including phenoxy) is 1. The van der Waals surface area contributed by atoms with Crippen molar-refractivity contribution in [3.63, 3.8) is 0 Å². The lowest BCUT2D eigenvalue weighted by Gasteiger charge is -2.13. The lowest BCUT2D eigenvalue weighted by atomic mass is 10.1. The van der Waals surface area contributed by atoms with Crippen LogP contribution in [0.1, 0.15) is 11.3 Å². The molecule has 0 fully saturated rings. The lowest BCUT2D eigenvalue weighted by molar-refractivity contribution is -0.274. The molecule has 0 spiro atoms. The monoisotopic (exact) mass is 431 g/mol. The SMILES string of the molecule is Cc1c(CC(=O)O)c2cc(F)ccc2n1S(=O)(=O)c1cccc(OC(F)(F)F)c1. The van der Waals surface area contributed by atoms with Gasteiger partial charge in [-0.05, 0) is 42.8 Å². The number of fused-ring (bicyclic) bond motifs is 1. The fraction of sp³-hybridized carbons (Fsp3) is 0.167. The van der Waals surface area contributed by atoms with Crippen LogP contribution in [0.5, 0.6) is 5.75 Å². The Labute approximate surface area is 162 Å². The second kappa shape index (κ2) is 7.07. The zero-order valence-electron chi connectivity index (χ0n) is 14.7. The van der Waals surface area contributed by atoms with Gasteiger partial charge in [0.2, 0.25) is 0 Å². The second-order valence-electron chi connectivity index (χ2n) is 6.09. The second-order valence-corrected chi connectivity index (χ2v) is 7.87. The van der Waals surface area contributed by atoms with Gasteiger partial charge >= 0.3 is 12.3 Å². The summed E-state index contributed by atoms with van der Waals surface area (Å²) in [4.78, 5) is 10.7. The normalized spacial score (nSPS) is 12.3. The van der Waals surface area contributed by atoms with Crippen molar-refractivity contribution in [2.45, 2.75) is 24.6 Å². The topological polar surface area (TPSA) is 85.6 Å². The van der Waals surface area contributed by atoms with Gasteiger partial charge in [0.05, 0.1) is 16.8 Å². The van der Waals surface area contributed by atoms with E-state index in [1.807, 2.05) is 0 Å². The van der Waals surface area contributed by atoms with Crippen LogP contribution in [0.4, 0.5) is 17.6 Å². The molecule has 0 bridgehead atoms. The number of aliphatic carboxylic acids is 1. The molecule has 3 rings (SSSR count). The number of hydrogen-bond acceptors (Lipinski definition) is 4. The molecule has 11 heteroatoms. The van der Waals surface area contributed by atoms with E-state index in [9.17, 15) is 30.8 Å². The van der Waals surface area contributed by atoms with Crippen molar-refractivity contribution in [1.29, 1.82) is 0 Å². The number of carbonyl (C=O) groups is 1. The van der Waals surface area contributed by atoms with E-state index in [-0.39, 0.29) is 22.2 Å². The van der Waals surface area contributed by atoms with E-state index < -0.39 is 45.2 Å². The summed E-state index contributed by atoms with van der Waals surface area (Å²) in [6.07, 6.45) is -5.57. The van der Waals surface area contributed by atoms with Crippen molar-refractivity contribution >= 4 is 26.9 Å². The van der Waals surface area contributed by atoms with Gasteiger partial charge in [-0.1, -0.05) is 6.07 Å². The average molecular weight is 431 g/mol. The Morgan fingerprint density at radius 2 is 1.86 bits per heavy atom. The number of halogens is 4. The molecule has 0 saturated heterocycles. The quantitative estimate of drug-likeness (QED) is 0.621. The van der Waals surface area contributed by atoms with Crippen LogP contribution in [0.25, 0.3) is 10.9 Å². The number of rotatable bonds is 5. The molecule has 0 radical (unpaired) electrons. The van der Waals surface area contributed by atoms with Crippen molar-refractivity contribution in [3.8, 4) is 5.75 Å². The van der Waals surface area contributed by atoms with Crippen molar-refractivity contribution < 1.29 is 40.6 Å². The van der Waals surface area contributed by atoms with Crippen LogP contribution in [0.3, 0.4) is 0 Å². The highest BCUT2D eigenvalue weighted by Crippen LogP contribution is 2.32. The van der Waals surface area contributed by atoms with Gasteiger partial charge in [-0.2, -0.15) is 0 Å². The van der Waals surface area contributed by atoms with Gasteiger partial charge in [0.25, 0.3) is 10.0 Å². The van der Waals surface area contributed by atoms with Gasteiger partial charge in [0.15, 0.2) is 0 Å². The number of carboxylic acids is 1. The van der Waals surface area contributed by atoms with Gasteiger partial charge in [-0.25, -0.2) is 16.8 Å². The molecule has 3 aromatic rings. The summed E-state index contributed by atoms with van der Waals surface area (Å²) in [5, 5.41) is 9.20. The molecule has 1 N–H and O–H groups in total. The first-order valence-corrected chi connectivity index (χ1v) is 9.47. The highest BCUT2D eigenvalue weighted by Gasteiger charge is 2.32. The molecular weight excluding hydrogens is 418 g/mol. The summed E-state index contributed by atoms with van der Waals surface area (Å²) in [5.41, 5.74) is 0.0932. The minimum Gasteiger partial charge on any atom is -0.481 e. The van der Waals surface area contributed by atoms with Gasteiger partial charge in [0, 0.05) is 17.1 Å². The number of alkyl halides is 3. The standard InChI is InChI=1S/C18H13F4NO5S/c1-10-14(9-17(24)25)15-7-11(19)5-6-16(15)23(10)29(26,27)13-4-2-3-12(8-13)28-18(20,21)22/h2-8H,9H2,1H3,(H,24,25). The molecule has 0 amide bonds. The molecule has 0 aliphatic heterocycles. The number of carboxylic acid groups (broad SMARTS) is 1. The van der Waals surface area contributed by atoms with Crippen LogP contribution in [-0.4, -0.2) is 29.8 Å². The van der Waals surface area contributed by atoms with Crippen molar-refractivity contribution in [2.24, 2.45) is 0 Å². The fourth-order valence-electron chi connectivity index (χ4n) is 3.05. The Hall–Kier alpha value is -3.08. The van der Waals surface area contributed by atoms with Gasteiger partial charge in [0.1, 0.15) is 11.6 Å². The number of hydrogen-bond donors (Lipinski definition) is 1. The molecule has 0 atom stereocenters. The molecule has 154 valence electrons. The first-order valence-electron chi connectivity index (χ1n) is 8.03. The fourth-order valence-corrected chi connectivity index (χ4v) is 4.66. The van der Waals surface area contributed by atoms with E-state index in [4.69, 9.17) is 5.11 Å². The van der Waals surface area contributed by atoms with E-state index in [0.29, 0.717) is 6.07 Å². The smallest absolute Gasteiger partial charge is 0.481 e. The predicted octanol–water partition coefficient (Wildman–Crippen LogP) is 3.85. The largest absolute Gasteiger partial charge is 0.573 e. The molecule has 29 heavy (non-hydrogen) atoms. The van der Waals surface area contributed by atoms with Crippen LogP contribution in [0.15, 0.2) is 47.4 Å². The molecule has 0 unspecified atom stereocenters. The number of nitrogens with zero attached hydrogens (tertiary/aromatic N) is 1. The maximum Gasteiger partial charge on any atom is 0.573 e. The molecule has 1 heterocycles. The van der Waals surface area contributed by atoms with Crippen LogP contribution in [-0.2, 0) is 21.2 Å². The average Bonchev–Trinajstić information content (AvgIpc) is 2.85. The van der Waals surface area contributed by atoms with Crippen LogP contribution < -0.4 is 4.74 Å². The van der Waals surface area contributed by atoms with Crippen LogP contribution in [0.2, 0.25) is 0 Å². The van der Waals surface area contributed by atoms with E-state index in [1.54, 1.807) is 0 Å². The Bertz CT molecular complexity index is 1210. The maximum atomic E-state index is 13.7. The molecule has 0 aliphatic carbocycles. The van der Waals surface area contributed by atoms with Crippen molar-refractivity contribution in [1.82, 2.24) is 3.97 Å². The number of aromatic nitrogens is 1. The first-order chi connectivity index (χ1) is 13.4. The molecule has 1 aromatic heterocycles. The number of benzene rings is 2. The van der Waals surface area contributed by atoms with Gasteiger partial charge in [-0.3, -0.25) is 4.79 Å². The minimum absolute atomic E-state index is 0.00212. The summed E-state index contributed by atoms with van der Waals surface area (Å²) in [6.45, 7) is 1.34. The van der Waals surface area contributed by atoms with Crippen LogP contribution in [0, 0.1) is 12.7 Å². The molecule has 0 aliphatic rings. The third kappa shape index (κ3) is 4.04. The third-order valence-corrected chi connectivity index (χ3v) is 5.95. The predicted molar refractivity (Wildman–Crippen MR) is 93.7 cm³/mol. The maximum absolute atomic E-state index is 13.7. The van der Waals surface area contributed by atoms with E-state index >= 15 is 0 Å². The highest BCUT2D eigenvalue weighted by atomic mass is 32.2. The zero-order chi connectivity index (χ0) is 21.6. The Kier molecular flexibility index (Phi) is 5.03. The summed E-state index contributed by atoms with van der Waals surface area (Å²) in [5.74, 6) is -2.68. The molecular formula is C18H13F4NO5S. The third-order valence-electron chi connectivity index (χ3n) is 4.15. The first kappa shape index (κ1) is 20.6. The van der Waals surface area contributed by atoms with Crippen molar-refractivity contribution in [3.05, 3.63) is 59.5 Å². The zero-order valence-corrected chi connectivity index (χ0v) is 15.5. The van der Waals surface area contributed by atoms with Crippen LogP contribution >= 0.6 is 0 Å². The Morgan fingerprint density at radius 1 is 1.17 bits per heavy atom. The Morgan fingerprint density at radius 3 is 2.48 bits per heavy atom. The molecule has 0 saturated carbocycles. The summed E-state index contributed by atoms with van der Waals surface area (Å²) >= 11 is 0. The van der Waals surface area contributed by atoms with Gasteiger partial charge < -0.3 is 9.84 Å². The minimum atomic E-state index is -5.01. The summed E-state index contributed by atoms with van der Waals surface area (Å²) < 4.78 is 81.9. The Balaban J connectivity index is 2.24. The molecule has 6 nitrogen and oxygen atoms in total. The summed E-state index contributed by atoms with van der Waals surface area (Å²) in [6, 6.07) is 6.97. The van der Waals surface area contributed by atoms with E-state index in [1.165, 1.54) is 6.92 Å². The van der Waals surface area contributed by atoms with E-state index in [0.717, 1.165) is 40.4 Å².